The normalized spacial score (nSPS) is 10.9. The van der Waals surface area contributed by atoms with Crippen LogP contribution in [0, 0.1) is 0 Å². The van der Waals surface area contributed by atoms with E-state index in [9.17, 15) is 0 Å². The Hall–Kier alpha value is -2.00. The summed E-state index contributed by atoms with van der Waals surface area (Å²) in [5.41, 5.74) is 9.33. The van der Waals surface area contributed by atoms with Crippen LogP contribution in [0.3, 0.4) is 0 Å². The van der Waals surface area contributed by atoms with Crippen molar-refractivity contribution in [2.24, 2.45) is 0 Å². The van der Waals surface area contributed by atoms with Crippen molar-refractivity contribution in [1.29, 1.82) is 0 Å². The highest BCUT2D eigenvalue weighted by molar-refractivity contribution is 6.30. The first-order chi connectivity index (χ1) is 8.74. The smallest absolute Gasteiger partial charge is 0.290 e. The van der Waals surface area contributed by atoms with Gasteiger partial charge in [-0.15, -0.1) is 0 Å². The molecule has 3 rings (SSSR count). The van der Waals surface area contributed by atoms with Crippen LogP contribution in [-0.4, -0.2) is 4.98 Å². The van der Waals surface area contributed by atoms with E-state index in [1.165, 1.54) is 5.56 Å². The van der Waals surface area contributed by atoms with E-state index in [0.29, 0.717) is 5.95 Å². The Balaban J connectivity index is 2.04. The summed E-state index contributed by atoms with van der Waals surface area (Å²) in [5.74, 6) is 0.658. The first-order valence-corrected chi connectivity index (χ1v) is 6.12. The highest BCUT2D eigenvalue weighted by Crippen LogP contribution is 2.13. The summed E-state index contributed by atoms with van der Waals surface area (Å²) in [6, 6.07) is 15.9. The minimum Gasteiger partial charge on any atom is -0.290 e. The first kappa shape index (κ1) is 11.1. The van der Waals surface area contributed by atoms with Crippen molar-refractivity contribution < 1.29 is 4.57 Å². The van der Waals surface area contributed by atoms with Crippen LogP contribution in [0.15, 0.2) is 48.5 Å². The van der Waals surface area contributed by atoms with Crippen LogP contribution in [0.4, 0.5) is 5.95 Å². The van der Waals surface area contributed by atoms with Gasteiger partial charge in [-0.25, -0.2) is 9.55 Å². The zero-order valence-electron chi connectivity index (χ0n) is 9.73. The zero-order chi connectivity index (χ0) is 12.5. The molecule has 2 aromatic carbocycles. The Morgan fingerprint density at radius 1 is 1.06 bits per heavy atom. The predicted octanol–water partition coefficient (Wildman–Crippen LogP) is 2.74. The number of hydrogen-bond acceptors (Lipinski definition) is 1. The van der Waals surface area contributed by atoms with Crippen LogP contribution in [0.1, 0.15) is 5.56 Å². The zero-order valence-corrected chi connectivity index (χ0v) is 10.5. The number of nitrogens with one attached hydrogen (secondary N) is 1. The third-order valence-corrected chi connectivity index (χ3v) is 3.25. The molecule has 0 amide bonds. The number of fused-ring (bicyclic) bond motifs is 1. The maximum absolute atomic E-state index is 6.01. The van der Waals surface area contributed by atoms with Crippen LogP contribution in [0.5, 0.6) is 0 Å². The molecule has 1 heterocycles. The van der Waals surface area contributed by atoms with Gasteiger partial charge in [-0.05, 0) is 29.8 Å². The average molecular weight is 259 g/mol. The molecule has 90 valence electrons. The van der Waals surface area contributed by atoms with E-state index in [2.05, 4.69) is 15.6 Å². The number of rotatable bonds is 2. The number of para-hydroxylation sites is 2. The van der Waals surface area contributed by atoms with Gasteiger partial charge in [0.05, 0.1) is 6.54 Å². The molecule has 3 nitrogen and oxygen atoms in total. The number of imidazole rings is 1. The molecule has 0 aliphatic heterocycles. The summed E-state index contributed by atoms with van der Waals surface area (Å²) < 4.78 is 2.05. The number of aromatic nitrogens is 2. The van der Waals surface area contributed by atoms with Crippen LogP contribution in [0.25, 0.3) is 11.0 Å². The fourth-order valence-electron chi connectivity index (χ4n) is 2.09. The largest absolute Gasteiger partial charge is 0.353 e. The number of hydrogen-bond donors (Lipinski definition) is 2. The standard InChI is InChI=1S/C14H12ClN3/c15-11-7-5-10(6-8-11)9-18-13-4-2-1-3-12(13)17-14(18)16/h1-8H,9H2,(H2,16,17)/p+1. The lowest BCUT2D eigenvalue weighted by Crippen LogP contribution is -2.36. The van der Waals surface area contributed by atoms with Crippen molar-refractivity contribution in [1.82, 2.24) is 4.98 Å². The highest BCUT2D eigenvalue weighted by Gasteiger charge is 2.13. The van der Waals surface area contributed by atoms with E-state index in [-0.39, 0.29) is 0 Å². The lowest BCUT2D eigenvalue weighted by Gasteiger charge is -2.01. The second-order valence-electron chi connectivity index (χ2n) is 4.24. The molecule has 0 aliphatic carbocycles. The monoisotopic (exact) mass is 258 g/mol. The molecule has 0 unspecified atom stereocenters. The average Bonchev–Trinajstić information content (AvgIpc) is 2.69. The van der Waals surface area contributed by atoms with E-state index >= 15 is 0 Å². The molecule has 4 heteroatoms. The number of benzene rings is 2. The predicted molar refractivity (Wildman–Crippen MR) is 73.5 cm³/mol. The van der Waals surface area contributed by atoms with Crippen molar-refractivity contribution in [3.63, 3.8) is 0 Å². The van der Waals surface area contributed by atoms with E-state index in [0.717, 1.165) is 22.6 Å². The van der Waals surface area contributed by atoms with Crippen LogP contribution >= 0.6 is 11.6 Å². The Kier molecular flexibility index (Phi) is 2.68. The van der Waals surface area contributed by atoms with E-state index in [4.69, 9.17) is 17.3 Å². The third-order valence-electron chi connectivity index (χ3n) is 3.00. The summed E-state index contributed by atoms with van der Waals surface area (Å²) in [7, 11) is 0. The molecule has 3 aromatic rings. The van der Waals surface area contributed by atoms with Crippen LogP contribution in [-0.2, 0) is 6.54 Å². The first-order valence-electron chi connectivity index (χ1n) is 5.74. The van der Waals surface area contributed by atoms with Crippen molar-refractivity contribution >= 4 is 28.6 Å². The minimum absolute atomic E-state index is 0.658. The van der Waals surface area contributed by atoms with Crippen LogP contribution < -0.4 is 10.3 Å². The maximum atomic E-state index is 6.01. The number of H-pyrrole nitrogens is 1. The maximum Gasteiger partial charge on any atom is 0.353 e. The molecule has 0 radical (unpaired) electrons. The van der Waals surface area contributed by atoms with E-state index in [1.807, 2.05) is 42.5 Å². The SMILES string of the molecule is Nc1[nH]c2ccccc2[n+]1Cc1ccc(Cl)cc1. The fourth-order valence-corrected chi connectivity index (χ4v) is 2.22. The molecule has 18 heavy (non-hydrogen) atoms. The minimum atomic E-state index is 0.658. The lowest BCUT2D eigenvalue weighted by molar-refractivity contribution is -0.647. The molecular weight excluding hydrogens is 246 g/mol. The van der Waals surface area contributed by atoms with Crippen molar-refractivity contribution in [3.05, 3.63) is 59.1 Å². The van der Waals surface area contributed by atoms with Gasteiger partial charge in [0.25, 0.3) is 0 Å². The van der Waals surface area contributed by atoms with Gasteiger partial charge in [0, 0.05) is 5.02 Å². The molecule has 0 saturated carbocycles. The van der Waals surface area contributed by atoms with Gasteiger partial charge in [0.1, 0.15) is 11.0 Å². The van der Waals surface area contributed by atoms with Crippen LogP contribution in [0.2, 0.25) is 5.02 Å². The Morgan fingerprint density at radius 2 is 1.78 bits per heavy atom. The summed E-state index contributed by atoms with van der Waals surface area (Å²) in [4.78, 5) is 3.17. The van der Waals surface area contributed by atoms with Gasteiger partial charge in [-0.1, -0.05) is 35.9 Å². The molecule has 3 N–H and O–H groups in total. The van der Waals surface area contributed by atoms with Crippen molar-refractivity contribution in [2.75, 3.05) is 5.73 Å². The van der Waals surface area contributed by atoms with E-state index < -0.39 is 0 Å². The summed E-state index contributed by atoms with van der Waals surface area (Å²) in [6.07, 6.45) is 0. The summed E-state index contributed by atoms with van der Waals surface area (Å²) >= 11 is 5.88. The molecule has 1 aromatic heterocycles. The summed E-state index contributed by atoms with van der Waals surface area (Å²) in [5, 5.41) is 0.746. The Labute approximate surface area is 110 Å². The molecule has 0 fully saturated rings. The topological polar surface area (TPSA) is 45.7 Å². The number of halogens is 1. The summed E-state index contributed by atoms with van der Waals surface area (Å²) in [6.45, 7) is 0.729. The molecular formula is C14H13ClN3+. The second kappa shape index (κ2) is 4.35. The number of nitrogen functional groups attached to an aromatic ring is 1. The fraction of sp³-hybridized carbons (Fsp3) is 0.0714. The van der Waals surface area contributed by atoms with Gasteiger partial charge in [-0.3, -0.25) is 5.73 Å². The number of aromatic amines is 1. The lowest BCUT2D eigenvalue weighted by atomic mass is 10.2. The molecule has 0 bridgehead atoms. The highest BCUT2D eigenvalue weighted by atomic mass is 35.5. The molecule has 0 spiro atoms. The van der Waals surface area contributed by atoms with Crippen molar-refractivity contribution in [2.45, 2.75) is 6.54 Å². The van der Waals surface area contributed by atoms with Crippen molar-refractivity contribution in [3.8, 4) is 0 Å². The van der Waals surface area contributed by atoms with Gasteiger partial charge >= 0.3 is 5.95 Å². The molecule has 0 aliphatic rings. The third kappa shape index (κ3) is 1.93. The quantitative estimate of drug-likeness (QED) is 0.682. The van der Waals surface area contributed by atoms with Gasteiger partial charge < -0.3 is 0 Å². The number of nitrogens with zero attached hydrogens (tertiary/aromatic N) is 1. The molecule has 0 atom stereocenters. The van der Waals surface area contributed by atoms with E-state index in [1.54, 1.807) is 0 Å². The van der Waals surface area contributed by atoms with Gasteiger partial charge in [0.15, 0.2) is 0 Å². The Morgan fingerprint density at radius 3 is 2.56 bits per heavy atom. The number of anilines is 1. The van der Waals surface area contributed by atoms with Gasteiger partial charge in [-0.2, -0.15) is 0 Å². The second-order valence-corrected chi connectivity index (χ2v) is 4.68. The molecule has 0 saturated heterocycles. The number of nitrogens with two attached hydrogens (primary N) is 1. The Bertz CT molecular complexity index is 686. The van der Waals surface area contributed by atoms with Gasteiger partial charge in [0.2, 0.25) is 0 Å².